The van der Waals surface area contributed by atoms with Crippen LogP contribution < -0.4 is 34.4 Å². The van der Waals surface area contributed by atoms with Gasteiger partial charge in [-0.15, -0.1) is 0 Å². The number of carbonyl (C=O) groups excluding carboxylic acids is 1. The van der Waals surface area contributed by atoms with E-state index in [9.17, 15) is 14.0 Å². The zero-order valence-electron chi connectivity index (χ0n) is 26.0. The summed E-state index contributed by atoms with van der Waals surface area (Å²) in [5.41, 5.74) is 3.48. The number of halogens is 1. The van der Waals surface area contributed by atoms with E-state index in [0.29, 0.717) is 55.7 Å². The van der Waals surface area contributed by atoms with E-state index in [-0.39, 0.29) is 23.9 Å². The molecular weight excluding hydrogens is 617 g/mol. The number of ether oxygens (including phenoxy) is 3. The molecule has 0 fully saturated rings. The van der Waals surface area contributed by atoms with Crippen molar-refractivity contribution in [2.24, 2.45) is 4.99 Å². The molecule has 10 heteroatoms. The number of thiazole rings is 1. The van der Waals surface area contributed by atoms with Crippen molar-refractivity contribution in [2.75, 3.05) is 19.0 Å². The molecule has 0 radical (unpaired) electrons. The van der Waals surface area contributed by atoms with Gasteiger partial charge in [-0.1, -0.05) is 59.9 Å². The lowest BCUT2D eigenvalue weighted by molar-refractivity contribution is -0.113. The van der Waals surface area contributed by atoms with E-state index in [2.05, 4.69) is 5.32 Å². The van der Waals surface area contributed by atoms with Crippen LogP contribution in [0.25, 0.3) is 6.08 Å². The van der Waals surface area contributed by atoms with Crippen LogP contribution in [-0.4, -0.2) is 24.2 Å². The van der Waals surface area contributed by atoms with Gasteiger partial charge in [0.15, 0.2) is 16.3 Å². The zero-order valence-corrected chi connectivity index (χ0v) is 26.8. The van der Waals surface area contributed by atoms with Gasteiger partial charge < -0.3 is 19.5 Å². The predicted octanol–water partition coefficient (Wildman–Crippen LogP) is 6.00. The number of aromatic nitrogens is 1. The summed E-state index contributed by atoms with van der Waals surface area (Å²) in [5, 5.41) is 2.96. The van der Waals surface area contributed by atoms with Crippen molar-refractivity contribution >= 4 is 29.0 Å². The highest BCUT2D eigenvalue weighted by Gasteiger charge is 2.32. The van der Waals surface area contributed by atoms with Gasteiger partial charge in [0.1, 0.15) is 18.2 Å². The van der Waals surface area contributed by atoms with Gasteiger partial charge in [-0.05, 0) is 85.1 Å². The Morgan fingerprint density at radius 3 is 2.51 bits per heavy atom. The standard InChI is InChI=1S/C37H32FN3O5S/c1-4-45-31-19-25(15-18-30(31)46-22-24-13-16-27(38)17-14-24)20-32-36(43)41-34(26-9-8-12-29(21-26)44-3)33(23(2)39-37(41)47-32)35(42)40-28-10-6-5-7-11-28/h5-21,34H,4,22H2,1-3H3,(H,40,42)/b32-20-/t34-/m1/s1. The van der Waals surface area contributed by atoms with Crippen molar-refractivity contribution in [3.8, 4) is 17.2 Å². The molecule has 0 bridgehead atoms. The summed E-state index contributed by atoms with van der Waals surface area (Å²) >= 11 is 1.25. The van der Waals surface area contributed by atoms with Crippen LogP contribution in [0, 0.1) is 5.82 Å². The van der Waals surface area contributed by atoms with Crippen LogP contribution in [0.15, 0.2) is 118 Å². The fourth-order valence-electron chi connectivity index (χ4n) is 5.35. The Kier molecular flexibility index (Phi) is 9.30. The number of amides is 1. The molecule has 0 unspecified atom stereocenters. The second-order valence-electron chi connectivity index (χ2n) is 10.7. The summed E-state index contributed by atoms with van der Waals surface area (Å²) in [5.74, 6) is 0.984. The van der Waals surface area contributed by atoms with Crippen molar-refractivity contribution in [3.63, 3.8) is 0 Å². The molecule has 1 aliphatic heterocycles. The smallest absolute Gasteiger partial charge is 0.271 e. The third kappa shape index (κ3) is 6.87. The Balaban J connectivity index is 1.39. The minimum atomic E-state index is -0.742. The Morgan fingerprint density at radius 1 is 0.979 bits per heavy atom. The molecule has 0 aliphatic carbocycles. The highest BCUT2D eigenvalue weighted by molar-refractivity contribution is 7.07. The highest BCUT2D eigenvalue weighted by atomic mass is 32.1. The monoisotopic (exact) mass is 649 g/mol. The molecule has 0 spiro atoms. The predicted molar refractivity (Wildman–Crippen MR) is 180 cm³/mol. The fraction of sp³-hybridized carbons (Fsp3) is 0.162. The van der Waals surface area contributed by atoms with Gasteiger partial charge in [0.2, 0.25) is 0 Å². The van der Waals surface area contributed by atoms with Gasteiger partial charge in [0.05, 0.1) is 35.6 Å². The topological polar surface area (TPSA) is 91.2 Å². The molecule has 1 amide bonds. The Bertz CT molecular complexity index is 2140. The molecule has 8 nitrogen and oxygen atoms in total. The molecule has 1 aromatic heterocycles. The molecule has 47 heavy (non-hydrogen) atoms. The van der Waals surface area contributed by atoms with Crippen molar-refractivity contribution in [2.45, 2.75) is 26.5 Å². The first-order valence-corrected chi connectivity index (χ1v) is 15.8. The van der Waals surface area contributed by atoms with Gasteiger partial charge in [-0.2, -0.15) is 0 Å². The number of hydrogen-bond donors (Lipinski definition) is 1. The molecule has 4 aromatic carbocycles. The summed E-state index contributed by atoms with van der Waals surface area (Å²) in [6.07, 6.45) is 1.78. The van der Waals surface area contributed by atoms with E-state index in [4.69, 9.17) is 19.2 Å². The second kappa shape index (κ2) is 13.9. The zero-order chi connectivity index (χ0) is 32.9. The van der Waals surface area contributed by atoms with Gasteiger partial charge in [-0.3, -0.25) is 14.2 Å². The van der Waals surface area contributed by atoms with Gasteiger partial charge in [-0.25, -0.2) is 9.38 Å². The van der Waals surface area contributed by atoms with Gasteiger partial charge in [0.25, 0.3) is 11.5 Å². The Morgan fingerprint density at radius 2 is 1.77 bits per heavy atom. The molecule has 5 aromatic rings. The lowest BCUT2D eigenvalue weighted by Crippen LogP contribution is -2.40. The molecule has 0 saturated heterocycles. The van der Waals surface area contributed by atoms with Gasteiger partial charge in [0, 0.05) is 5.69 Å². The van der Waals surface area contributed by atoms with E-state index >= 15 is 0 Å². The third-order valence-electron chi connectivity index (χ3n) is 7.58. The summed E-state index contributed by atoms with van der Waals surface area (Å²) < 4.78 is 32.7. The molecule has 1 atom stereocenters. The Hall–Kier alpha value is -5.48. The van der Waals surface area contributed by atoms with Crippen LogP contribution in [-0.2, 0) is 11.4 Å². The number of hydrogen-bond acceptors (Lipinski definition) is 7. The maximum absolute atomic E-state index is 14.2. The molecular formula is C37H32FN3O5S. The number of para-hydroxylation sites is 1. The van der Waals surface area contributed by atoms with E-state index in [1.54, 1.807) is 55.0 Å². The van der Waals surface area contributed by atoms with Crippen molar-refractivity contribution < 1.29 is 23.4 Å². The summed E-state index contributed by atoms with van der Waals surface area (Å²) in [6, 6.07) is 27.3. The van der Waals surface area contributed by atoms with Crippen LogP contribution in [0.5, 0.6) is 17.2 Å². The molecule has 1 N–H and O–H groups in total. The first kappa shape index (κ1) is 31.5. The number of nitrogens with one attached hydrogen (secondary N) is 1. The maximum Gasteiger partial charge on any atom is 0.271 e. The quantitative estimate of drug-likeness (QED) is 0.201. The number of anilines is 1. The first-order chi connectivity index (χ1) is 22.8. The number of nitrogens with zero attached hydrogens (tertiary/aromatic N) is 2. The second-order valence-corrected chi connectivity index (χ2v) is 11.7. The average Bonchev–Trinajstić information content (AvgIpc) is 3.38. The van der Waals surface area contributed by atoms with Crippen LogP contribution in [0.2, 0.25) is 0 Å². The van der Waals surface area contributed by atoms with Crippen LogP contribution >= 0.6 is 11.3 Å². The molecule has 1 aliphatic rings. The number of methoxy groups -OCH3 is 1. The van der Waals surface area contributed by atoms with Crippen LogP contribution in [0.4, 0.5) is 10.1 Å². The normalized spacial score (nSPS) is 14.3. The minimum Gasteiger partial charge on any atom is -0.497 e. The molecule has 0 saturated carbocycles. The molecule has 2 heterocycles. The number of allylic oxidation sites excluding steroid dienone is 1. The largest absolute Gasteiger partial charge is 0.497 e. The minimum absolute atomic E-state index is 0.238. The lowest BCUT2D eigenvalue weighted by Gasteiger charge is -2.25. The maximum atomic E-state index is 14.2. The molecule has 238 valence electrons. The summed E-state index contributed by atoms with van der Waals surface area (Å²) in [7, 11) is 1.57. The SMILES string of the molecule is CCOc1cc(/C=c2\sc3n(c2=O)[C@H](c2cccc(OC)c2)C(C(=O)Nc2ccccc2)=C(C)N=3)ccc1OCc1ccc(F)cc1. The van der Waals surface area contributed by atoms with E-state index in [0.717, 1.165) is 11.1 Å². The summed E-state index contributed by atoms with van der Waals surface area (Å²) in [6.45, 7) is 4.30. The average molecular weight is 650 g/mol. The lowest BCUT2D eigenvalue weighted by atomic mass is 9.95. The number of carbonyl (C=O) groups is 1. The highest BCUT2D eigenvalue weighted by Crippen LogP contribution is 2.33. The van der Waals surface area contributed by atoms with Crippen LogP contribution in [0.3, 0.4) is 0 Å². The number of benzene rings is 4. The van der Waals surface area contributed by atoms with E-state index in [1.807, 2.05) is 61.5 Å². The van der Waals surface area contributed by atoms with Crippen molar-refractivity contribution in [1.82, 2.24) is 4.57 Å². The molecule has 6 rings (SSSR count). The fourth-order valence-corrected chi connectivity index (χ4v) is 6.40. The number of fused-ring (bicyclic) bond motifs is 1. The Labute approximate surface area is 274 Å². The first-order valence-electron chi connectivity index (χ1n) is 15.0. The van der Waals surface area contributed by atoms with Crippen molar-refractivity contribution in [3.05, 3.63) is 151 Å². The van der Waals surface area contributed by atoms with Gasteiger partial charge >= 0.3 is 0 Å². The number of rotatable bonds is 10. The summed E-state index contributed by atoms with van der Waals surface area (Å²) in [4.78, 5) is 33.2. The van der Waals surface area contributed by atoms with Crippen molar-refractivity contribution in [1.29, 1.82) is 0 Å². The van der Waals surface area contributed by atoms with E-state index < -0.39 is 6.04 Å². The van der Waals surface area contributed by atoms with Crippen LogP contribution in [0.1, 0.15) is 36.6 Å². The third-order valence-corrected chi connectivity index (χ3v) is 8.56. The van der Waals surface area contributed by atoms with E-state index in [1.165, 1.54) is 23.5 Å².